The Labute approximate surface area is 172 Å². The van der Waals surface area contributed by atoms with Crippen molar-refractivity contribution in [1.29, 1.82) is 0 Å². The lowest BCUT2D eigenvalue weighted by Crippen LogP contribution is -2.46. The van der Waals surface area contributed by atoms with Crippen molar-refractivity contribution in [3.05, 3.63) is 60.2 Å². The summed E-state index contributed by atoms with van der Waals surface area (Å²) in [5.41, 5.74) is 7.62. The number of para-hydroxylation sites is 2. The number of ether oxygens (including phenoxy) is 2. The number of carbonyl (C=O) groups is 1. The van der Waals surface area contributed by atoms with Gasteiger partial charge in [0.2, 0.25) is 5.91 Å². The molecule has 0 bridgehead atoms. The summed E-state index contributed by atoms with van der Waals surface area (Å²) in [4.78, 5) is 17.0. The highest BCUT2D eigenvalue weighted by molar-refractivity contribution is 5.78. The molecule has 0 radical (unpaired) electrons. The maximum atomic E-state index is 12.9. The molecule has 1 saturated heterocycles. The van der Waals surface area contributed by atoms with E-state index in [4.69, 9.17) is 15.2 Å². The van der Waals surface area contributed by atoms with Crippen LogP contribution >= 0.6 is 0 Å². The molecule has 1 unspecified atom stereocenters. The monoisotopic (exact) mass is 395 g/mol. The standard InChI is InChI=1S/C23H29N3O3/c1-2-26(12-18-16-28-21-10-6-7-11-22(21)29-18)23(27)15-25-13-19(20(24)14-25)17-8-4-3-5-9-17/h3-11,18-20H,2,12-16,24H2,1H3/t18?,19-,20+/m0/s1. The molecule has 0 aliphatic carbocycles. The second-order valence-electron chi connectivity index (χ2n) is 7.81. The van der Waals surface area contributed by atoms with Crippen LogP contribution in [-0.4, -0.2) is 67.2 Å². The fourth-order valence-electron chi connectivity index (χ4n) is 4.19. The molecule has 2 aromatic rings. The highest BCUT2D eigenvalue weighted by Crippen LogP contribution is 2.31. The van der Waals surface area contributed by atoms with Crippen molar-refractivity contribution in [3.63, 3.8) is 0 Å². The molecule has 0 saturated carbocycles. The van der Waals surface area contributed by atoms with Gasteiger partial charge in [-0.2, -0.15) is 0 Å². The summed E-state index contributed by atoms with van der Waals surface area (Å²) in [5.74, 6) is 1.88. The van der Waals surface area contributed by atoms with Crippen molar-refractivity contribution in [2.45, 2.75) is 25.0 Å². The zero-order chi connectivity index (χ0) is 20.2. The Balaban J connectivity index is 1.33. The van der Waals surface area contributed by atoms with Crippen molar-refractivity contribution >= 4 is 5.91 Å². The normalized spacial score (nSPS) is 23.7. The molecule has 2 aliphatic rings. The summed E-state index contributed by atoms with van der Waals surface area (Å²) in [5, 5.41) is 0. The van der Waals surface area contributed by atoms with E-state index in [2.05, 4.69) is 17.0 Å². The maximum Gasteiger partial charge on any atom is 0.236 e. The van der Waals surface area contributed by atoms with E-state index in [0.29, 0.717) is 26.2 Å². The molecule has 1 amide bonds. The predicted molar refractivity (Wildman–Crippen MR) is 112 cm³/mol. The van der Waals surface area contributed by atoms with E-state index < -0.39 is 0 Å². The van der Waals surface area contributed by atoms with E-state index in [9.17, 15) is 4.79 Å². The van der Waals surface area contributed by atoms with Crippen LogP contribution < -0.4 is 15.2 Å². The van der Waals surface area contributed by atoms with E-state index in [1.807, 2.05) is 54.3 Å². The predicted octanol–water partition coefficient (Wildman–Crippen LogP) is 2.10. The number of rotatable bonds is 6. The van der Waals surface area contributed by atoms with Gasteiger partial charge in [0.25, 0.3) is 0 Å². The lowest BCUT2D eigenvalue weighted by Gasteiger charge is -2.31. The third-order valence-electron chi connectivity index (χ3n) is 5.75. The Bertz CT molecular complexity index is 829. The summed E-state index contributed by atoms with van der Waals surface area (Å²) < 4.78 is 11.8. The van der Waals surface area contributed by atoms with Crippen LogP contribution in [-0.2, 0) is 4.79 Å². The van der Waals surface area contributed by atoms with Crippen LogP contribution in [0.2, 0.25) is 0 Å². The van der Waals surface area contributed by atoms with Gasteiger partial charge in [-0.05, 0) is 24.6 Å². The number of fused-ring (bicyclic) bond motifs is 1. The number of amides is 1. The number of likely N-dealkylation sites (N-methyl/N-ethyl adjacent to an activating group) is 1. The van der Waals surface area contributed by atoms with Crippen molar-refractivity contribution < 1.29 is 14.3 Å². The van der Waals surface area contributed by atoms with Gasteiger partial charge in [0.15, 0.2) is 17.6 Å². The molecule has 0 spiro atoms. The summed E-state index contributed by atoms with van der Waals surface area (Å²) >= 11 is 0. The van der Waals surface area contributed by atoms with Crippen molar-refractivity contribution in [2.75, 3.05) is 39.3 Å². The molecule has 0 aromatic heterocycles. The SMILES string of the molecule is CCN(CC1COc2ccccc2O1)C(=O)CN1C[C@@H](N)[C@H](c2ccccc2)C1. The first-order valence-electron chi connectivity index (χ1n) is 10.3. The average molecular weight is 396 g/mol. The zero-order valence-corrected chi connectivity index (χ0v) is 16.9. The Morgan fingerprint density at radius 3 is 2.59 bits per heavy atom. The van der Waals surface area contributed by atoms with Crippen molar-refractivity contribution in [3.8, 4) is 11.5 Å². The summed E-state index contributed by atoms with van der Waals surface area (Å²) in [6.07, 6.45) is -0.160. The molecule has 6 nitrogen and oxygen atoms in total. The quantitative estimate of drug-likeness (QED) is 0.811. The number of nitrogens with zero attached hydrogens (tertiary/aromatic N) is 2. The summed E-state index contributed by atoms with van der Waals surface area (Å²) in [6, 6.07) is 18.0. The molecule has 154 valence electrons. The van der Waals surface area contributed by atoms with Gasteiger partial charge >= 0.3 is 0 Å². The van der Waals surface area contributed by atoms with Crippen molar-refractivity contribution in [2.24, 2.45) is 5.73 Å². The summed E-state index contributed by atoms with van der Waals surface area (Å²) in [6.45, 7) is 5.54. The molecular weight excluding hydrogens is 366 g/mol. The van der Waals surface area contributed by atoms with Gasteiger partial charge in [0, 0.05) is 31.6 Å². The molecule has 2 N–H and O–H groups in total. The maximum absolute atomic E-state index is 12.9. The van der Waals surface area contributed by atoms with E-state index >= 15 is 0 Å². The molecular formula is C23H29N3O3. The molecule has 2 aliphatic heterocycles. The van der Waals surface area contributed by atoms with Crippen LogP contribution in [0.25, 0.3) is 0 Å². The fourth-order valence-corrected chi connectivity index (χ4v) is 4.19. The second kappa shape index (κ2) is 8.84. The fraction of sp³-hybridized carbons (Fsp3) is 0.435. The molecule has 2 aromatic carbocycles. The smallest absolute Gasteiger partial charge is 0.236 e. The molecule has 1 fully saturated rings. The number of hydrogen-bond acceptors (Lipinski definition) is 5. The van der Waals surface area contributed by atoms with Gasteiger partial charge in [-0.25, -0.2) is 0 Å². The number of benzene rings is 2. The van der Waals surface area contributed by atoms with Gasteiger partial charge in [-0.3, -0.25) is 9.69 Å². The topological polar surface area (TPSA) is 68.0 Å². The first-order valence-corrected chi connectivity index (χ1v) is 10.3. The minimum atomic E-state index is -0.160. The van der Waals surface area contributed by atoms with Crippen LogP contribution in [0.5, 0.6) is 11.5 Å². The third kappa shape index (κ3) is 4.54. The largest absolute Gasteiger partial charge is 0.486 e. The number of hydrogen-bond donors (Lipinski definition) is 1. The van der Waals surface area contributed by atoms with Gasteiger partial charge in [-0.1, -0.05) is 42.5 Å². The minimum absolute atomic E-state index is 0.0480. The van der Waals surface area contributed by atoms with Gasteiger partial charge in [0.05, 0.1) is 13.1 Å². The molecule has 29 heavy (non-hydrogen) atoms. The van der Waals surface area contributed by atoms with Crippen LogP contribution in [0.15, 0.2) is 54.6 Å². The van der Waals surface area contributed by atoms with Gasteiger partial charge < -0.3 is 20.1 Å². The van der Waals surface area contributed by atoms with E-state index in [-0.39, 0.29) is 24.0 Å². The molecule has 2 heterocycles. The summed E-state index contributed by atoms with van der Waals surface area (Å²) in [7, 11) is 0. The van der Waals surface area contributed by atoms with Gasteiger partial charge in [0.1, 0.15) is 6.61 Å². The Morgan fingerprint density at radius 1 is 1.10 bits per heavy atom. The lowest BCUT2D eigenvalue weighted by atomic mass is 9.95. The minimum Gasteiger partial charge on any atom is -0.486 e. The van der Waals surface area contributed by atoms with Gasteiger partial charge in [-0.15, -0.1) is 0 Å². The number of nitrogens with two attached hydrogens (primary N) is 1. The molecule has 3 atom stereocenters. The Morgan fingerprint density at radius 2 is 1.83 bits per heavy atom. The van der Waals surface area contributed by atoms with Crippen LogP contribution in [0.1, 0.15) is 18.4 Å². The van der Waals surface area contributed by atoms with Crippen LogP contribution in [0, 0.1) is 0 Å². The first kappa shape index (κ1) is 19.7. The third-order valence-corrected chi connectivity index (χ3v) is 5.75. The first-order chi connectivity index (χ1) is 14.1. The van der Waals surface area contributed by atoms with Crippen molar-refractivity contribution in [1.82, 2.24) is 9.80 Å². The average Bonchev–Trinajstić information content (AvgIpc) is 3.12. The van der Waals surface area contributed by atoms with E-state index in [0.717, 1.165) is 24.6 Å². The highest BCUT2D eigenvalue weighted by Gasteiger charge is 2.33. The van der Waals surface area contributed by atoms with E-state index in [1.54, 1.807) is 0 Å². The number of carbonyl (C=O) groups excluding carboxylic acids is 1. The zero-order valence-electron chi connectivity index (χ0n) is 16.9. The van der Waals surface area contributed by atoms with E-state index in [1.165, 1.54) is 5.56 Å². The highest BCUT2D eigenvalue weighted by atomic mass is 16.6. The Hall–Kier alpha value is -2.57. The number of likely N-dealkylation sites (tertiary alicyclic amines) is 1. The second-order valence-corrected chi connectivity index (χ2v) is 7.81. The van der Waals surface area contributed by atoms with Crippen LogP contribution in [0.4, 0.5) is 0 Å². The Kier molecular flexibility index (Phi) is 6.02. The molecule has 4 rings (SSSR count). The lowest BCUT2D eigenvalue weighted by molar-refractivity contribution is -0.133. The molecule has 6 heteroatoms. The van der Waals surface area contributed by atoms with Crippen LogP contribution in [0.3, 0.4) is 0 Å².